The van der Waals surface area contributed by atoms with E-state index in [0.29, 0.717) is 12.0 Å². The maximum absolute atomic E-state index is 8.68. The highest BCUT2D eigenvalue weighted by Gasteiger charge is 2.13. The molecule has 0 atom stereocenters. The van der Waals surface area contributed by atoms with Crippen LogP contribution in [0.25, 0.3) is 0 Å². The molecule has 0 amide bonds. The van der Waals surface area contributed by atoms with Gasteiger partial charge >= 0.3 is 0 Å². The lowest BCUT2D eigenvalue weighted by Gasteiger charge is -2.22. The van der Waals surface area contributed by atoms with E-state index in [1.54, 1.807) is 0 Å². The van der Waals surface area contributed by atoms with Gasteiger partial charge in [0.2, 0.25) is 0 Å². The molecule has 122 valence electrons. The van der Waals surface area contributed by atoms with Crippen molar-refractivity contribution in [1.82, 2.24) is 0 Å². The molecule has 0 aliphatic carbocycles. The molecule has 0 spiro atoms. The third-order valence-corrected chi connectivity index (χ3v) is 6.58. The van der Waals surface area contributed by atoms with Crippen molar-refractivity contribution in [2.45, 2.75) is 85.0 Å². The number of hydrogen-bond acceptors (Lipinski definition) is 3. The van der Waals surface area contributed by atoms with Crippen LogP contribution in [0.3, 0.4) is 0 Å². The average molecular weight is 321 g/mol. The topological polar surface area (TPSA) is 20.2 Å². The van der Waals surface area contributed by atoms with Crippen LogP contribution in [-0.2, 0) is 0 Å². The third kappa shape index (κ3) is 15.1. The van der Waals surface area contributed by atoms with Crippen molar-refractivity contribution >= 4 is 21.6 Å². The van der Waals surface area contributed by atoms with Crippen LogP contribution in [0.1, 0.15) is 85.0 Å². The molecule has 0 radical (unpaired) electrons. The molecule has 0 aliphatic rings. The Morgan fingerprint density at radius 3 is 1.75 bits per heavy atom. The van der Waals surface area contributed by atoms with E-state index in [1.165, 1.54) is 69.3 Å². The zero-order valence-corrected chi connectivity index (χ0v) is 15.6. The Kier molecular flexibility index (Phi) is 15.1. The van der Waals surface area contributed by atoms with Crippen LogP contribution in [0.5, 0.6) is 0 Å². The smallest absolute Gasteiger partial charge is 0.0431 e. The summed E-state index contributed by atoms with van der Waals surface area (Å²) in [6.07, 6.45) is 13.1. The minimum absolute atomic E-state index is 0.358. The van der Waals surface area contributed by atoms with Gasteiger partial charge in [0.1, 0.15) is 0 Å². The van der Waals surface area contributed by atoms with Crippen molar-refractivity contribution in [3.05, 3.63) is 0 Å². The summed E-state index contributed by atoms with van der Waals surface area (Å²) in [5.41, 5.74) is 0.556. The molecule has 0 saturated carbocycles. The average Bonchev–Trinajstić information content (AvgIpc) is 2.44. The van der Waals surface area contributed by atoms with Crippen molar-refractivity contribution in [2.24, 2.45) is 5.41 Å². The summed E-state index contributed by atoms with van der Waals surface area (Å²) >= 11 is 0. The van der Waals surface area contributed by atoms with Gasteiger partial charge in [0.25, 0.3) is 0 Å². The Bertz CT molecular complexity index is 195. The van der Waals surface area contributed by atoms with E-state index in [4.69, 9.17) is 5.11 Å². The van der Waals surface area contributed by atoms with E-state index in [0.717, 1.165) is 6.42 Å². The lowest BCUT2D eigenvalue weighted by Crippen LogP contribution is -2.08. The van der Waals surface area contributed by atoms with Crippen molar-refractivity contribution in [3.8, 4) is 0 Å². The van der Waals surface area contributed by atoms with Crippen LogP contribution < -0.4 is 0 Å². The molecular weight excluding hydrogens is 284 g/mol. The van der Waals surface area contributed by atoms with Gasteiger partial charge in [0, 0.05) is 18.1 Å². The maximum atomic E-state index is 8.68. The molecule has 0 heterocycles. The van der Waals surface area contributed by atoms with Gasteiger partial charge < -0.3 is 5.11 Å². The molecule has 0 aliphatic heterocycles. The molecule has 20 heavy (non-hydrogen) atoms. The second-order valence-electron chi connectivity index (χ2n) is 6.46. The monoisotopic (exact) mass is 320 g/mol. The van der Waals surface area contributed by atoms with Gasteiger partial charge in [-0.2, -0.15) is 0 Å². The van der Waals surface area contributed by atoms with Crippen molar-refractivity contribution in [1.29, 1.82) is 0 Å². The minimum atomic E-state index is 0.358. The van der Waals surface area contributed by atoms with Gasteiger partial charge in [0.15, 0.2) is 0 Å². The molecule has 0 rings (SSSR count). The summed E-state index contributed by atoms with van der Waals surface area (Å²) < 4.78 is 0. The molecule has 0 aromatic heterocycles. The number of aliphatic hydroxyl groups excluding tert-OH is 1. The van der Waals surface area contributed by atoms with Gasteiger partial charge in [-0.05, 0) is 31.1 Å². The van der Waals surface area contributed by atoms with Crippen LogP contribution in [0.15, 0.2) is 0 Å². The lowest BCUT2D eigenvalue weighted by atomic mass is 9.84. The lowest BCUT2D eigenvalue weighted by molar-refractivity contribution is 0.283. The van der Waals surface area contributed by atoms with Gasteiger partial charge in [-0.3, -0.25) is 0 Å². The summed E-state index contributed by atoms with van der Waals surface area (Å²) in [5, 5.41) is 8.68. The Labute approximate surface area is 135 Å². The van der Waals surface area contributed by atoms with Crippen LogP contribution in [0, 0.1) is 5.41 Å². The highest BCUT2D eigenvalue weighted by atomic mass is 33.1. The fraction of sp³-hybridized carbons (Fsp3) is 1.00. The largest absolute Gasteiger partial charge is 0.396 e. The summed E-state index contributed by atoms with van der Waals surface area (Å²) in [6, 6.07) is 0. The maximum Gasteiger partial charge on any atom is 0.0431 e. The molecule has 0 aromatic rings. The number of rotatable bonds is 15. The number of unbranched alkanes of at least 4 members (excludes halogenated alkanes) is 6. The van der Waals surface area contributed by atoms with E-state index in [-0.39, 0.29) is 0 Å². The van der Waals surface area contributed by atoms with Crippen LogP contribution >= 0.6 is 21.6 Å². The van der Waals surface area contributed by atoms with Gasteiger partial charge in [0.05, 0.1) is 0 Å². The predicted molar refractivity (Wildman–Crippen MR) is 97.6 cm³/mol. The first kappa shape index (κ1) is 20.7. The van der Waals surface area contributed by atoms with Crippen molar-refractivity contribution < 1.29 is 5.11 Å². The number of hydrogen-bond donors (Lipinski definition) is 1. The fourth-order valence-corrected chi connectivity index (χ4v) is 4.33. The quantitative estimate of drug-likeness (QED) is 0.282. The predicted octanol–water partition coefficient (Wildman–Crippen LogP) is 6.31. The second-order valence-corrected chi connectivity index (χ2v) is 9.17. The molecule has 0 aromatic carbocycles. The zero-order chi connectivity index (χ0) is 15.1. The van der Waals surface area contributed by atoms with E-state index in [9.17, 15) is 0 Å². The van der Waals surface area contributed by atoms with Crippen molar-refractivity contribution in [3.63, 3.8) is 0 Å². The van der Waals surface area contributed by atoms with Crippen molar-refractivity contribution in [2.75, 3.05) is 18.1 Å². The molecule has 0 saturated heterocycles. The van der Waals surface area contributed by atoms with E-state index in [1.807, 2.05) is 10.8 Å². The zero-order valence-electron chi connectivity index (χ0n) is 14.0. The first-order valence-electron chi connectivity index (χ1n) is 8.47. The Morgan fingerprint density at radius 1 is 0.750 bits per heavy atom. The Morgan fingerprint density at radius 2 is 1.25 bits per heavy atom. The minimum Gasteiger partial charge on any atom is -0.396 e. The molecule has 0 fully saturated rings. The molecule has 1 N–H and O–H groups in total. The second kappa shape index (κ2) is 14.6. The molecule has 1 nitrogen and oxygen atoms in total. The number of aliphatic hydroxyl groups is 1. The Balaban J connectivity index is 3.06. The van der Waals surface area contributed by atoms with Crippen LogP contribution in [0.2, 0.25) is 0 Å². The first-order chi connectivity index (χ1) is 9.62. The summed E-state index contributed by atoms with van der Waals surface area (Å²) in [5.74, 6) is 2.60. The van der Waals surface area contributed by atoms with Crippen LogP contribution in [0.4, 0.5) is 0 Å². The van der Waals surface area contributed by atoms with E-state index >= 15 is 0 Å². The summed E-state index contributed by atoms with van der Waals surface area (Å²) in [6.45, 7) is 7.44. The molecule has 0 unspecified atom stereocenters. The Hall–Kier alpha value is 0.660. The van der Waals surface area contributed by atoms with E-state index < -0.39 is 0 Å². The fourth-order valence-electron chi connectivity index (χ4n) is 2.04. The van der Waals surface area contributed by atoms with Gasteiger partial charge in [-0.1, -0.05) is 80.9 Å². The van der Waals surface area contributed by atoms with Crippen LogP contribution in [-0.4, -0.2) is 23.2 Å². The molecular formula is C17H36OS2. The standard InChI is InChI=1S/C17H36OS2/c1-4-17(2,3)13-9-5-7-11-15-19-20-16-12-8-6-10-14-18/h18H,4-16H2,1-3H3. The highest BCUT2D eigenvalue weighted by Crippen LogP contribution is 2.28. The molecule has 3 heteroatoms. The highest BCUT2D eigenvalue weighted by molar-refractivity contribution is 8.76. The molecule has 0 bridgehead atoms. The van der Waals surface area contributed by atoms with Gasteiger partial charge in [-0.15, -0.1) is 0 Å². The normalized spacial score (nSPS) is 12.0. The van der Waals surface area contributed by atoms with Gasteiger partial charge in [-0.25, -0.2) is 0 Å². The third-order valence-electron chi connectivity index (χ3n) is 4.01. The summed E-state index contributed by atoms with van der Waals surface area (Å²) in [4.78, 5) is 0. The SMILES string of the molecule is CCC(C)(C)CCCCCCSSCCCCCCO. The van der Waals surface area contributed by atoms with E-state index in [2.05, 4.69) is 31.6 Å². The first-order valence-corrected chi connectivity index (χ1v) is 11.0. The summed E-state index contributed by atoms with van der Waals surface area (Å²) in [7, 11) is 4.09.